The number of hydrogen-bond donors (Lipinski definition) is 0. The fraction of sp³-hybridized carbons (Fsp3) is 0.917. The van der Waals surface area contributed by atoms with E-state index in [1.54, 1.807) is 0 Å². The van der Waals surface area contributed by atoms with Gasteiger partial charge in [0.15, 0.2) is 0 Å². The maximum absolute atomic E-state index is 9.20. The molecule has 1 nitrogen and oxygen atoms in total. The Hall–Kier alpha value is -0.160. The highest BCUT2D eigenvalue weighted by molar-refractivity contribution is 8.01. The van der Waals surface area contributed by atoms with E-state index in [1.807, 2.05) is 11.8 Å². The molecule has 0 aromatic rings. The minimum absolute atomic E-state index is 0.0186. The van der Waals surface area contributed by atoms with Gasteiger partial charge in [-0.2, -0.15) is 5.26 Å². The molecule has 1 unspecified atom stereocenters. The standard InChI is InChI=1S/C12H21NS/c1-4-6-11-7-12(8-11,9-13)14-10(3)5-2/h10-11H,4-8H2,1-3H3. The van der Waals surface area contributed by atoms with E-state index in [2.05, 4.69) is 26.8 Å². The summed E-state index contributed by atoms with van der Waals surface area (Å²) in [5.41, 5.74) is 0. The smallest absolute Gasteiger partial charge is 0.103 e. The Labute approximate surface area is 92.3 Å². The van der Waals surface area contributed by atoms with Crippen LogP contribution >= 0.6 is 11.8 Å². The van der Waals surface area contributed by atoms with E-state index < -0.39 is 0 Å². The summed E-state index contributed by atoms with van der Waals surface area (Å²) in [7, 11) is 0. The van der Waals surface area contributed by atoms with Gasteiger partial charge in [-0.1, -0.05) is 33.6 Å². The van der Waals surface area contributed by atoms with Crippen LogP contribution in [-0.2, 0) is 0 Å². The zero-order valence-electron chi connectivity index (χ0n) is 9.55. The summed E-state index contributed by atoms with van der Waals surface area (Å²) >= 11 is 1.90. The average Bonchev–Trinajstić information content (AvgIpc) is 2.14. The molecule has 0 bridgehead atoms. The van der Waals surface area contributed by atoms with Crippen molar-refractivity contribution >= 4 is 11.8 Å². The van der Waals surface area contributed by atoms with Crippen LogP contribution in [0.1, 0.15) is 52.9 Å². The second-order valence-electron chi connectivity index (χ2n) is 4.51. The zero-order chi connectivity index (χ0) is 10.6. The van der Waals surface area contributed by atoms with Gasteiger partial charge in [0.05, 0.1) is 6.07 Å². The maximum atomic E-state index is 9.20. The van der Waals surface area contributed by atoms with Gasteiger partial charge in [-0.25, -0.2) is 0 Å². The molecule has 0 heterocycles. The van der Waals surface area contributed by atoms with Crippen molar-refractivity contribution in [1.29, 1.82) is 5.26 Å². The van der Waals surface area contributed by atoms with Gasteiger partial charge >= 0.3 is 0 Å². The second kappa shape index (κ2) is 5.07. The summed E-state index contributed by atoms with van der Waals surface area (Å²) in [6.45, 7) is 6.66. The van der Waals surface area contributed by atoms with E-state index in [9.17, 15) is 5.26 Å². The molecule has 80 valence electrons. The third-order valence-corrected chi connectivity index (χ3v) is 4.75. The van der Waals surface area contributed by atoms with Gasteiger partial charge in [-0.15, -0.1) is 11.8 Å². The van der Waals surface area contributed by atoms with Gasteiger partial charge in [0.1, 0.15) is 4.75 Å². The van der Waals surface area contributed by atoms with Gasteiger partial charge in [0, 0.05) is 5.25 Å². The van der Waals surface area contributed by atoms with Crippen LogP contribution in [-0.4, -0.2) is 10.00 Å². The van der Waals surface area contributed by atoms with Crippen LogP contribution in [0.25, 0.3) is 0 Å². The molecule has 0 aromatic heterocycles. The molecule has 14 heavy (non-hydrogen) atoms. The van der Waals surface area contributed by atoms with Gasteiger partial charge in [0.2, 0.25) is 0 Å². The molecule has 1 saturated carbocycles. The van der Waals surface area contributed by atoms with Crippen molar-refractivity contribution in [3.63, 3.8) is 0 Å². The van der Waals surface area contributed by atoms with Crippen molar-refractivity contribution in [2.75, 3.05) is 0 Å². The quantitative estimate of drug-likeness (QED) is 0.686. The molecule has 0 radical (unpaired) electrons. The molecule has 1 aliphatic rings. The van der Waals surface area contributed by atoms with Crippen LogP contribution in [0.5, 0.6) is 0 Å². The number of nitrogens with zero attached hydrogens (tertiary/aromatic N) is 1. The first-order chi connectivity index (χ1) is 6.65. The van der Waals surface area contributed by atoms with Crippen LogP contribution in [0, 0.1) is 17.2 Å². The predicted molar refractivity (Wildman–Crippen MR) is 63.3 cm³/mol. The van der Waals surface area contributed by atoms with E-state index in [4.69, 9.17) is 0 Å². The third-order valence-electron chi connectivity index (χ3n) is 3.14. The monoisotopic (exact) mass is 211 g/mol. The van der Waals surface area contributed by atoms with Crippen molar-refractivity contribution in [3.8, 4) is 6.07 Å². The number of nitriles is 1. The lowest BCUT2D eigenvalue weighted by Gasteiger charge is -2.43. The molecule has 1 atom stereocenters. The summed E-state index contributed by atoms with van der Waals surface area (Å²) in [6, 6.07) is 2.53. The molecular weight excluding hydrogens is 190 g/mol. The summed E-state index contributed by atoms with van der Waals surface area (Å²) in [6.07, 6.45) is 6.01. The van der Waals surface area contributed by atoms with Crippen LogP contribution < -0.4 is 0 Å². The van der Waals surface area contributed by atoms with Crippen LogP contribution in [0.15, 0.2) is 0 Å². The highest BCUT2D eigenvalue weighted by Gasteiger charge is 2.45. The Bertz CT molecular complexity index is 213. The summed E-state index contributed by atoms with van der Waals surface area (Å²) in [4.78, 5) is 0. The zero-order valence-corrected chi connectivity index (χ0v) is 10.4. The van der Waals surface area contributed by atoms with E-state index in [-0.39, 0.29) is 4.75 Å². The third kappa shape index (κ3) is 2.67. The van der Waals surface area contributed by atoms with E-state index in [1.165, 1.54) is 19.3 Å². The van der Waals surface area contributed by atoms with Crippen molar-refractivity contribution in [2.45, 2.75) is 62.9 Å². The molecule has 0 aromatic carbocycles. The Kier molecular flexibility index (Phi) is 4.31. The topological polar surface area (TPSA) is 23.8 Å². The van der Waals surface area contributed by atoms with E-state index >= 15 is 0 Å². The van der Waals surface area contributed by atoms with Gasteiger partial charge in [-0.3, -0.25) is 0 Å². The lowest BCUT2D eigenvalue weighted by molar-refractivity contribution is 0.258. The largest absolute Gasteiger partial charge is 0.197 e. The molecule has 0 aliphatic heterocycles. The van der Waals surface area contributed by atoms with Gasteiger partial charge in [-0.05, 0) is 25.2 Å². The van der Waals surface area contributed by atoms with Crippen LogP contribution in [0.4, 0.5) is 0 Å². The Morgan fingerprint density at radius 1 is 1.50 bits per heavy atom. The van der Waals surface area contributed by atoms with Crippen molar-refractivity contribution < 1.29 is 0 Å². The Balaban J connectivity index is 2.38. The first-order valence-corrected chi connectivity index (χ1v) is 6.62. The fourth-order valence-electron chi connectivity index (χ4n) is 2.17. The van der Waals surface area contributed by atoms with Gasteiger partial charge < -0.3 is 0 Å². The fourth-order valence-corrected chi connectivity index (χ4v) is 3.82. The Morgan fingerprint density at radius 2 is 2.14 bits per heavy atom. The first-order valence-electron chi connectivity index (χ1n) is 5.75. The SMILES string of the molecule is CCCC1CC(C#N)(SC(C)CC)C1. The normalized spacial score (nSPS) is 33.1. The first kappa shape index (κ1) is 11.9. The van der Waals surface area contributed by atoms with E-state index in [0.29, 0.717) is 5.25 Å². The molecule has 0 amide bonds. The maximum Gasteiger partial charge on any atom is 0.103 e. The molecule has 0 N–H and O–H groups in total. The molecule has 0 saturated heterocycles. The predicted octanol–water partition coefficient (Wildman–Crippen LogP) is 3.99. The summed E-state index contributed by atoms with van der Waals surface area (Å²) < 4.78 is -0.0186. The van der Waals surface area contributed by atoms with Crippen molar-refractivity contribution in [2.24, 2.45) is 5.92 Å². The van der Waals surface area contributed by atoms with E-state index in [0.717, 1.165) is 18.8 Å². The molecular formula is C12H21NS. The molecule has 2 heteroatoms. The van der Waals surface area contributed by atoms with Crippen LogP contribution in [0.2, 0.25) is 0 Å². The molecule has 1 rings (SSSR count). The van der Waals surface area contributed by atoms with Crippen molar-refractivity contribution in [1.82, 2.24) is 0 Å². The van der Waals surface area contributed by atoms with Crippen LogP contribution in [0.3, 0.4) is 0 Å². The Morgan fingerprint density at radius 3 is 2.57 bits per heavy atom. The lowest BCUT2D eigenvalue weighted by Crippen LogP contribution is -2.40. The second-order valence-corrected chi connectivity index (χ2v) is 6.33. The number of thioether (sulfide) groups is 1. The number of rotatable bonds is 5. The lowest BCUT2D eigenvalue weighted by atomic mass is 9.73. The highest BCUT2D eigenvalue weighted by Crippen LogP contribution is 2.51. The van der Waals surface area contributed by atoms with Crippen molar-refractivity contribution in [3.05, 3.63) is 0 Å². The summed E-state index contributed by atoms with van der Waals surface area (Å²) in [5.74, 6) is 0.830. The average molecular weight is 211 g/mol. The molecule has 0 spiro atoms. The molecule has 1 aliphatic carbocycles. The summed E-state index contributed by atoms with van der Waals surface area (Å²) in [5, 5.41) is 9.83. The minimum Gasteiger partial charge on any atom is -0.197 e. The number of hydrogen-bond acceptors (Lipinski definition) is 2. The molecule has 1 fully saturated rings. The highest BCUT2D eigenvalue weighted by atomic mass is 32.2. The van der Waals surface area contributed by atoms with Gasteiger partial charge in [0.25, 0.3) is 0 Å². The minimum atomic E-state index is -0.0186.